The maximum absolute atomic E-state index is 13.2. The Morgan fingerprint density at radius 1 is 1.09 bits per heavy atom. The van der Waals surface area contributed by atoms with Gasteiger partial charge in [0.2, 0.25) is 0 Å². The third-order valence-electron chi connectivity index (χ3n) is 5.16. The molecule has 2 amide bonds. The van der Waals surface area contributed by atoms with E-state index in [0.29, 0.717) is 49.9 Å². The van der Waals surface area contributed by atoms with E-state index in [1.165, 1.54) is 0 Å². The van der Waals surface area contributed by atoms with Gasteiger partial charge in [-0.3, -0.25) is 4.79 Å². The second-order valence-corrected chi connectivity index (χ2v) is 9.48. The van der Waals surface area contributed by atoms with Gasteiger partial charge in [-0.05, 0) is 70.6 Å². The molecule has 1 aliphatic heterocycles. The van der Waals surface area contributed by atoms with Crippen LogP contribution in [0.15, 0.2) is 18.2 Å². The zero-order valence-electron chi connectivity index (χ0n) is 20.6. The van der Waals surface area contributed by atoms with Crippen molar-refractivity contribution in [1.82, 2.24) is 9.80 Å². The van der Waals surface area contributed by atoms with Gasteiger partial charge >= 0.3 is 6.09 Å². The molecule has 0 aliphatic carbocycles. The molecule has 1 aliphatic rings. The number of benzene rings is 1. The minimum atomic E-state index is -0.523. The summed E-state index contributed by atoms with van der Waals surface area (Å²) in [6.07, 6.45) is 3.34. The molecule has 1 atom stereocenters. The van der Waals surface area contributed by atoms with Gasteiger partial charge in [0, 0.05) is 32.2 Å². The first-order valence-corrected chi connectivity index (χ1v) is 11.8. The van der Waals surface area contributed by atoms with Crippen LogP contribution in [0.5, 0.6) is 11.5 Å². The average Bonchev–Trinajstić information content (AvgIpc) is 2.75. The number of rotatable bonds is 9. The van der Waals surface area contributed by atoms with Crippen LogP contribution in [0, 0.1) is 5.92 Å². The Morgan fingerprint density at radius 2 is 1.75 bits per heavy atom. The molecule has 1 unspecified atom stereocenters. The van der Waals surface area contributed by atoms with Crippen molar-refractivity contribution in [2.75, 3.05) is 39.9 Å². The molecule has 1 heterocycles. The van der Waals surface area contributed by atoms with Crippen LogP contribution in [0.1, 0.15) is 70.7 Å². The fourth-order valence-corrected chi connectivity index (χ4v) is 3.68. The van der Waals surface area contributed by atoms with Crippen molar-refractivity contribution in [2.24, 2.45) is 5.92 Å². The van der Waals surface area contributed by atoms with Gasteiger partial charge in [0.15, 0.2) is 11.5 Å². The fraction of sp³-hybridized carbons (Fsp3) is 0.680. The van der Waals surface area contributed by atoms with E-state index in [9.17, 15) is 9.59 Å². The lowest BCUT2D eigenvalue weighted by atomic mass is 9.97. The van der Waals surface area contributed by atoms with E-state index in [1.807, 2.05) is 44.7 Å². The van der Waals surface area contributed by atoms with Gasteiger partial charge in [0.25, 0.3) is 5.91 Å². The van der Waals surface area contributed by atoms with Gasteiger partial charge < -0.3 is 24.0 Å². The highest BCUT2D eigenvalue weighted by Crippen LogP contribution is 2.30. The van der Waals surface area contributed by atoms with E-state index >= 15 is 0 Å². The van der Waals surface area contributed by atoms with Gasteiger partial charge in [-0.2, -0.15) is 0 Å². The Labute approximate surface area is 193 Å². The molecule has 7 heteroatoms. The smallest absolute Gasteiger partial charge is 0.410 e. The molecule has 2 rings (SSSR count). The van der Waals surface area contributed by atoms with E-state index in [1.54, 1.807) is 18.0 Å². The zero-order chi connectivity index (χ0) is 23.7. The third kappa shape index (κ3) is 7.92. The molecule has 180 valence electrons. The standard InChI is InChI=1S/C25H40N2O5/c1-7-14-30-21-12-11-20(16-22(21)31-15-8-2)23(28)27-13-9-10-19(18-27)17-26(6)24(29)32-25(3,4)5/h11-12,16,19H,7-10,13-15,17-18H2,1-6H3. The number of hydrogen-bond acceptors (Lipinski definition) is 5. The Kier molecular flexibility index (Phi) is 9.66. The summed E-state index contributed by atoms with van der Waals surface area (Å²) in [5.41, 5.74) is 0.0749. The summed E-state index contributed by atoms with van der Waals surface area (Å²) < 4.78 is 17.1. The van der Waals surface area contributed by atoms with Gasteiger partial charge in [-0.25, -0.2) is 4.79 Å². The molecular weight excluding hydrogens is 408 g/mol. The first-order chi connectivity index (χ1) is 15.1. The Hall–Kier alpha value is -2.44. The van der Waals surface area contributed by atoms with Gasteiger partial charge in [0.05, 0.1) is 13.2 Å². The maximum Gasteiger partial charge on any atom is 0.410 e. The molecule has 7 nitrogen and oxygen atoms in total. The van der Waals surface area contributed by atoms with Crippen LogP contribution >= 0.6 is 0 Å². The van der Waals surface area contributed by atoms with Crippen molar-refractivity contribution in [3.63, 3.8) is 0 Å². The Balaban J connectivity index is 2.04. The number of nitrogens with zero attached hydrogens (tertiary/aromatic N) is 2. The van der Waals surface area contributed by atoms with E-state index in [4.69, 9.17) is 14.2 Å². The van der Waals surface area contributed by atoms with Gasteiger partial charge in [0.1, 0.15) is 5.60 Å². The first kappa shape index (κ1) is 25.8. The molecule has 0 bridgehead atoms. The SMILES string of the molecule is CCCOc1ccc(C(=O)N2CCCC(CN(C)C(=O)OC(C)(C)C)C2)cc1OCCC. The quantitative estimate of drug-likeness (QED) is 0.533. The predicted molar refractivity (Wildman–Crippen MR) is 126 cm³/mol. The van der Waals surface area contributed by atoms with Crippen molar-refractivity contribution >= 4 is 12.0 Å². The molecule has 32 heavy (non-hydrogen) atoms. The van der Waals surface area contributed by atoms with Crippen molar-refractivity contribution in [1.29, 1.82) is 0 Å². The molecule has 0 N–H and O–H groups in total. The lowest BCUT2D eigenvalue weighted by molar-refractivity contribution is 0.0244. The van der Waals surface area contributed by atoms with Crippen LogP contribution in [0.4, 0.5) is 4.79 Å². The molecule has 0 saturated carbocycles. The van der Waals surface area contributed by atoms with Crippen molar-refractivity contribution in [2.45, 2.75) is 65.9 Å². The summed E-state index contributed by atoms with van der Waals surface area (Å²) >= 11 is 0. The molecule has 0 spiro atoms. The number of hydrogen-bond donors (Lipinski definition) is 0. The Morgan fingerprint density at radius 3 is 2.38 bits per heavy atom. The Bertz CT molecular complexity index is 759. The lowest BCUT2D eigenvalue weighted by Crippen LogP contribution is -2.45. The molecule has 0 radical (unpaired) electrons. The van der Waals surface area contributed by atoms with Gasteiger partial charge in [-0.1, -0.05) is 13.8 Å². The highest BCUT2D eigenvalue weighted by molar-refractivity contribution is 5.95. The average molecular weight is 449 g/mol. The third-order valence-corrected chi connectivity index (χ3v) is 5.16. The van der Waals surface area contributed by atoms with E-state index in [0.717, 1.165) is 25.7 Å². The van der Waals surface area contributed by atoms with Crippen LogP contribution < -0.4 is 9.47 Å². The second kappa shape index (κ2) is 12.0. The molecule has 0 aromatic heterocycles. The number of piperidine rings is 1. The largest absolute Gasteiger partial charge is 0.490 e. The number of carbonyl (C=O) groups is 2. The number of likely N-dealkylation sites (tertiary alicyclic amines) is 1. The van der Waals surface area contributed by atoms with Crippen LogP contribution in [0.25, 0.3) is 0 Å². The molecule has 1 aromatic rings. The summed E-state index contributed by atoms with van der Waals surface area (Å²) in [5, 5.41) is 0. The number of ether oxygens (including phenoxy) is 3. The highest BCUT2D eigenvalue weighted by atomic mass is 16.6. The lowest BCUT2D eigenvalue weighted by Gasteiger charge is -2.35. The summed E-state index contributed by atoms with van der Waals surface area (Å²) in [5.74, 6) is 1.49. The van der Waals surface area contributed by atoms with Crippen LogP contribution in [-0.2, 0) is 4.74 Å². The molecule has 1 fully saturated rings. The van der Waals surface area contributed by atoms with E-state index in [-0.39, 0.29) is 17.9 Å². The minimum Gasteiger partial charge on any atom is -0.490 e. The maximum atomic E-state index is 13.2. The minimum absolute atomic E-state index is 0.0157. The topological polar surface area (TPSA) is 68.3 Å². The molecule has 1 aromatic carbocycles. The van der Waals surface area contributed by atoms with Crippen molar-refractivity contribution in [3.05, 3.63) is 23.8 Å². The first-order valence-electron chi connectivity index (χ1n) is 11.8. The van der Waals surface area contributed by atoms with Crippen LogP contribution in [0.3, 0.4) is 0 Å². The normalized spacial score (nSPS) is 16.4. The summed E-state index contributed by atoms with van der Waals surface area (Å²) in [7, 11) is 1.75. The summed E-state index contributed by atoms with van der Waals surface area (Å²) in [6, 6.07) is 5.42. The number of amides is 2. The zero-order valence-corrected chi connectivity index (χ0v) is 20.6. The number of carbonyl (C=O) groups excluding carboxylic acids is 2. The van der Waals surface area contributed by atoms with Crippen molar-refractivity contribution < 1.29 is 23.8 Å². The monoisotopic (exact) mass is 448 g/mol. The van der Waals surface area contributed by atoms with Gasteiger partial charge in [-0.15, -0.1) is 0 Å². The van der Waals surface area contributed by atoms with E-state index < -0.39 is 5.60 Å². The molecule has 1 saturated heterocycles. The van der Waals surface area contributed by atoms with Crippen LogP contribution in [0.2, 0.25) is 0 Å². The summed E-state index contributed by atoms with van der Waals surface area (Å²) in [4.78, 5) is 29.0. The van der Waals surface area contributed by atoms with Crippen LogP contribution in [-0.4, -0.2) is 67.3 Å². The fourth-order valence-electron chi connectivity index (χ4n) is 3.68. The van der Waals surface area contributed by atoms with Crippen molar-refractivity contribution in [3.8, 4) is 11.5 Å². The van der Waals surface area contributed by atoms with E-state index in [2.05, 4.69) is 6.92 Å². The highest BCUT2D eigenvalue weighted by Gasteiger charge is 2.28. The summed E-state index contributed by atoms with van der Waals surface area (Å²) in [6.45, 7) is 12.7. The predicted octanol–water partition coefficient (Wildman–Crippen LogP) is 4.98. The second-order valence-electron chi connectivity index (χ2n) is 9.48. The molecular formula is C25H40N2O5.